The molecular formula is C4H9FO3S. The molecule has 0 aromatic rings. The lowest BCUT2D eigenvalue weighted by molar-refractivity contribution is 0.259. The van der Waals surface area contributed by atoms with Crippen molar-refractivity contribution in [1.82, 2.24) is 0 Å². The fourth-order valence-corrected chi connectivity index (χ4v) is 0.547. The molecule has 0 aromatic carbocycles. The Hall–Kier alpha value is -0.160. The summed E-state index contributed by atoms with van der Waals surface area (Å²) in [6.45, 7) is 2.16. The second-order valence-corrected chi connectivity index (χ2v) is 3.73. The predicted molar refractivity (Wildman–Crippen MR) is 31.4 cm³/mol. The van der Waals surface area contributed by atoms with Gasteiger partial charge >= 0.3 is 0 Å². The average Bonchev–Trinajstić information content (AvgIpc) is 1.64. The van der Waals surface area contributed by atoms with E-state index in [9.17, 15) is 12.8 Å². The Morgan fingerprint density at radius 3 is 2.00 bits per heavy atom. The molecule has 9 heavy (non-hydrogen) atoms. The molecule has 56 valence electrons. The third-order valence-electron chi connectivity index (χ3n) is 1.17. The molecular weight excluding hydrogens is 147 g/mol. The van der Waals surface area contributed by atoms with E-state index in [0.29, 0.717) is 0 Å². The summed E-state index contributed by atoms with van der Waals surface area (Å²) in [4.78, 5) is 0. The first-order valence-corrected chi connectivity index (χ1v) is 3.91. The monoisotopic (exact) mass is 156 g/mol. The summed E-state index contributed by atoms with van der Waals surface area (Å²) in [7, 11) is -4.52. The van der Waals surface area contributed by atoms with Gasteiger partial charge in [-0.25, -0.2) is 4.39 Å². The SMILES string of the molecule is CCC(C)(F)S(=O)(=O)O. The molecule has 0 aliphatic heterocycles. The van der Waals surface area contributed by atoms with Gasteiger partial charge in [0.15, 0.2) is 0 Å². The maximum Gasteiger partial charge on any atom is 0.300 e. The van der Waals surface area contributed by atoms with Crippen LogP contribution < -0.4 is 0 Å². The molecule has 3 nitrogen and oxygen atoms in total. The Labute approximate surface area is 53.6 Å². The Morgan fingerprint density at radius 1 is 1.67 bits per heavy atom. The second kappa shape index (κ2) is 2.22. The van der Waals surface area contributed by atoms with Gasteiger partial charge in [0.1, 0.15) is 0 Å². The second-order valence-electron chi connectivity index (χ2n) is 1.93. The Kier molecular flexibility index (Phi) is 2.19. The van der Waals surface area contributed by atoms with Gasteiger partial charge in [-0.15, -0.1) is 0 Å². The van der Waals surface area contributed by atoms with E-state index in [1.54, 1.807) is 0 Å². The number of rotatable bonds is 2. The predicted octanol–water partition coefficient (Wildman–Crippen LogP) is 0.970. The first kappa shape index (κ1) is 8.84. The summed E-state index contributed by atoms with van der Waals surface area (Å²) in [6.07, 6.45) is -0.244. The van der Waals surface area contributed by atoms with Crippen molar-refractivity contribution in [2.24, 2.45) is 0 Å². The summed E-state index contributed by atoms with van der Waals surface area (Å²) >= 11 is 0. The molecule has 1 atom stereocenters. The highest BCUT2D eigenvalue weighted by atomic mass is 32.2. The van der Waals surface area contributed by atoms with Gasteiger partial charge < -0.3 is 0 Å². The lowest BCUT2D eigenvalue weighted by Gasteiger charge is -2.12. The highest BCUT2D eigenvalue weighted by molar-refractivity contribution is 7.87. The zero-order chi connectivity index (χ0) is 7.71. The van der Waals surface area contributed by atoms with E-state index in [-0.39, 0.29) is 6.42 Å². The van der Waals surface area contributed by atoms with Gasteiger partial charge in [-0.1, -0.05) is 6.92 Å². The molecule has 1 N–H and O–H groups in total. The standard InChI is InChI=1S/C4H9FO3S/c1-3-4(2,5)9(6,7)8/h3H2,1-2H3,(H,6,7,8). The molecule has 0 aliphatic carbocycles. The van der Waals surface area contributed by atoms with Gasteiger partial charge in [0.25, 0.3) is 10.1 Å². The lowest BCUT2D eigenvalue weighted by Crippen LogP contribution is -2.28. The van der Waals surface area contributed by atoms with Gasteiger partial charge in [-0.2, -0.15) is 8.42 Å². The summed E-state index contributed by atoms with van der Waals surface area (Å²) in [5, 5.41) is -2.49. The van der Waals surface area contributed by atoms with Gasteiger partial charge in [0.2, 0.25) is 5.00 Å². The zero-order valence-corrected chi connectivity index (χ0v) is 6.07. The fraction of sp³-hybridized carbons (Fsp3) is 1.00. The third kappa shape index (κ3) is 1.91. The third-order valence-corrected chi connectivity index (χ3v) is 2.53. The van der Waals surface area contributed by atoms with Crippen molar-refractivity contribution < 1.29 is 17.4 Å². The number of alkyl halides is 1. The van der Waals surface area contributed by atoms with Crippen LogP contribution in [0.1, 0.15) is 20.3 Å². The molecule has 0 spiro atoms. The van der Waals surface area contributed by atoms with Crippen LogP contribution in [0.3, 0.4) is 0 Å². The Morgan fingerprint density at radius 2 is 2.00 bits per heavy atom. The largest absolute Gasteiger partial charge is 0.300 e. The first-order valence-electron chi connectivity index (χ1n) is 2.47. The minimum Gasteiger partial charge on any atom is -0.283 e. The van der Waals surface area contributed by atoms with E-state index in [4.69, 9.17) is 4.55 Å². The quantitative estimate of drug-likeness (QED) is 0.606. The van der Waals surface area contributed by atoms with Gasteiger partial charge in [-0.05, 0) is 13.3 Å². The Bertz CT molecular complexity index is 182. The minimum absolute atomic E-state index is 0.244. The maximum atomic E-state index is 12.5. The van der Waals surface area contributed by atoms with Crippen LogP contribution in [0.4, 0.5) is 4.39 Å². The van der Waals surface area contributed by atoms with E-state index in [1.165, 1.54) is 6.92 Å². The van der Waals surface area contributed by atoms with Crippen molar-refractivity contribution in [3.05, 3.63) is 0 Å². The molecule has 0 saturated carbocycles. The molecule has 0 radical (unpaired) electrons. The summed E-state index contributed by atoms with van der Waals surface area (Å²) in [5.41, 5.74) is 0. The van der Waals surface area contributed by atoms with Crippen LogP contribution in [0.5, 0.6) is 0 Å². The number of hydrogen-bond acceptors (Lipinski definition) is 2. The smallest absolute Gasteiger partial charge is 0.283 e. The average molecular weight is 156 g/mol. The number of hydrogen-bond donors (Lipinski definition) is 1. The molecule has 0 aliphatic rings. The summed E-state index contributed by atoms with van der Waals surface area (Å²) in [5.74, 6) is 0. The Balaban J connectivity index is 4.56. The van der Waals surface area contributed by atoms with E-state index in [2.05, 4.69) is 0 Å². The first-order chi connectivity index (χ1) is 3.81. The molecule has 0 fully saturated rings. The van der Waals surface area contributed by atoms with Crippen molar-refractivity contribution in [2.45, 2.75) is 25.3 Å². The highest BCUT2D eigenvalue weighted by Crippen LogP contribution is 2.20. The van der Waals surface area contributed by atoms with Crippen molar-refractivity contribution in [3.8, 4) is 0 Å². The van der Waals surface area contributed by atoms with Crippen LogP contribution in [0.2, 0.25) is 0 Å². The van der Waals surface area contributed by atoms with Crippen molar-refractivity contribution >= 4 is 10.1 Å². The van der Waals surface area contributed by atoms with Crippen LogP contribution in [-0.2, 0) is 10.1 Å². The summed E-state index contributed by atoms with van der Waals surface area (Å²) < 4.78 is 40.8. The number of halogens is 1. The van der Waals surface area contributed by atoms with E-state index in [0.717, 1.165) is 6.92 Å². The molecule has 0 amide bonds. The van der Waals surface area contributed by atoms with E-state index < -0.39 is 15.1 Å². The molecule has 1 unspecified atom stereocenters. The molecule has 5 heteroatoms. The van der Waals surface area contributed by atoms with Crippen LogP contribution in [0.15, 0.2) is 0 Å². The highest BCUT2D eigenvalue weighted by Gasteiger charge is 2.35. The maximum absolute atomic E-state index is 12.5. The van der Waals surface area contributed by atoms with Crippen molar-refractivity contribution in [1.29, 1.82) is 0 Å². The zero-order valence-electron chi connectivity index (χ0n) is 5.26. The van der Waals surface area contributed by atoms with Crippen LogP contribution in [0, 0.1) is 0 Å². The van der Waals surface area contributed by atoms with Gasteiger partial charge in [-0.3, -0.25) is 4.55 Å². The lowest BCUT2D eigenvalue weighted by atomic mass is 10.3. The van der Waals surface area contributed by atoms with Gasteiger partial charge in [0.05, 0.1) is 0 Å². The minimum atomic E-state index is -4.52. The molecule has 0 saturated heterocycles. The summed E-state index contributed by atoms with van der Waals surface area (Å²) in [6, 6.07) is 0. The molecule has 0 heterocycles. The van der Waals surface area contributed by atoms with Crippen molar-refractivity contribution in [2.75, 3.05) is 0 Å². The van der Waals surface area contributed by atoms with Crippen LogP contribution in [0.25, 0.3) is 0 Å². The van der Waals surface area contributed by atoms with E-state index >= 15 is 0 Å². The topological polar surface area (TPSA) is 54.4 Å². The van der Waals surface area contributed by atoms with Crippen LogP contribution in [-0.4, -0.2) is 18.0 Å². The fourth-order valence-electron chi connectivity index (χ4n) is 0.182. The van der Waals surface area contributed by atoms with E-state index in [1.807, 2.05) is 0 Å². The molecule has 0 aromatic heterocycles. The normalized spacial score (nSPS) is 19.1. The van der Waals surface area contributed by atoms with Crippen molar-refractivity contribution in [3.63, 3.8) is 0 Å². The van der Waals surface area contributed by atoms with Gasteiger partial charge in [0, 0.05) is 0 Å². The molecule has 0 bridgehead atoms. The van der Waals surface area contributed by atoms with Crippen LogP contribution >= 0.6 is 0 Å². The molecule has 0 rings (SSSR count).